The molecule has 2 amide bonds. The van der Waals surface area contributed by atoms with Crippen LogP contribution < -0.4 is 0 Å². The summed E-state index contributed by atoms with van der Waals surface area (Å²) in [5.41, 5.74) is 0. The van der Waals surface area contributed by atoms with Gasteiger partial charge in [0.05, 0.1) is 0 Å². The normalized spacial score (nSPS) is 28.6. The Morgan fingerprint density at radius 2 is 2.00 bits per heavy atom. The lowest BCUT2D eigenvalue weighted by Gasteiger charge is -2.28. The Balaban J connectivity index is 2.07. The lowest BCUT2D eigenvalue weighted by molar-refractivity contribution is -0.139. The van der Waals surface area contributed by atoms with Crippen LogP contribution in [-0.2, 0) is 9.59 Å². The minimum Gasteiger partial charge on any atom is -0.271 e. The van der Waals surface area contributed by atoms with Crippen LogP contribution in [0.15, 0.2) is 12.2 Å². The molecule has 0 aromatic carbocycles. The van der Waals surface area contributed by atoms with Gasteiger partial charge in [0.2, 0.25) is 0 Å². The Morgan fingerprint density at radius 1 is 1.31 bits per heavy atom. The molecule has 1 atom stereocenters. The first-order valence-electron chi connectivity index (χ1n) is 4.42. The van der Waals surface area contributed by atoms with Crippen molar-refractivity contribution in [3.8, 4) is 0 Å². The molecule has 13 heavy (non-hydrogen) atoms. The number of hydrogen-bond donors (Lipinski definition) is 0. The summed E-state index contributed by atoms with van der Waals surface area (Å²) in [5, 5.41) is 0. The monoisotopic (exact) mass is 197 g/mol. The molecular weight excluding hydrogens is 186 g/mol. The zero-order valence-electron chi connectivity index (χ0n) is 7.23. The molecule has 0 aromatic heterocycles. The topological polar surface area (TPSA) is 37.4 Å². The van der Waals surface area contributed by atoms with E-state index in [1.165, 1.54) is 17.1 Å². The summed E-state index contributed by atoms with van der Waals surface area (Å²) >= 11 is 1.82. The van der Waals surface area contributed by atoms with Crippen molar-refractivity contribution in [2.45, 2.75) is 18.9 Å². The summed E-state index contributed by atoms with van der Waals surface area (Å²) in [6, 6.07) is 0.133. The first kappa shape index (κ1) is 8.81. The van der Waals surface area contributed by atoms with E-state index < -0.39 is 0 Å². The third-order valence-electron chi connectivity index (χ3n) is 2.34. The average Bonchev–Trinajstić information content (AvgIpc) is 2.48. The lowest BCUT2D eigenvalue weighted by atomic mass is 10.1. The number of hydrogen-bond acceptors (Lipinski definition) is 3. The van der Waals surface area contributed by atoms with Crippen LogP contribution >= 0.6 is 11.8 Å². The second-order valence-corrected chi connectivity index (χ2v) is 4.40. The summed E-state index contributed by atoms with van der Waals surface area (Å²) in [7, 11) is 0. The van der Waals surface area contributed by atoms with Crippen molar-refractivity contribution >= 4 is 23.6 Å². The van der Waals surface area contributed by atoms with Crippen molar-refractivity contribution in [2.24, 2.45) is 0 Å². The van der Waals surface area contributed by atoms with Gasteiger partial charge >= 0.3 is 0 Å². The fourth-order valence-electron chi connectivity index (χ4n) is 1.70. The first-order valence-corrected chi connectivity index (χ1v) is 5.57. The predicted octanol–water partition coefficient (Wildman–Crippen LogP) is 0.807. The molecule has 0 radical (unpaired) electrons. The van der Waals surface area contributed by atoms with Crippen molar-refractivity contribution < 1.29 is 9.59 Å². The van der Waals surface area contributed by atoms with Crippen LogP contribution in [0.25, 0.3) is 0 Å². The molecule has 0 saturated carbocycles. The van der Waals surface area contributed by atoms with Gasteiger partial charge < -0.3 is 0 Å². The van der Waals surface area contributed by atoms with Gasteiger partial charge in [0.15, 0.2) is 0 Å². The second kappa shape index (κ2) is 3.54. The van der Waals surface area contributed by atoms with Crippen LogP contribution in [0.4, 0.5) is 0 Å². The maximum Gasteiger partial charge on any atom is 0.253 e. The third kappa shape index (κ3) is 1.63. The highest BCUT2D eigenvalue weighted by atomic mass is 32.2. The molecule has 0 bridgehead atoms. The Hall–Kier alpha value is -0.770. The molecule has 0 spiro atoms. The molecule has 3 nitrogen and oxygen atoms in total. The van der Waals surface area contributed by atoms with Crippen LogP contribution in [-0.4, -0.2) is 34.3 Å². The van der Waals surface area contributed by atoms with Crippen LogP contribution in [0.3, 0.4) is 0 Å². The van der Waals surface area contributed by atoms with E-state index in [4.69, 9.17) is 0 Å². The highest BCUT2D eigenvalue weighted by molar-refractivity contribution is 7.99. The zero-order chi connectivity index (χ0) is 9.26. The molecule has 0 aliphatic carbocycles. The Morgan fingerprint density at radius 3 is 2.54 bits per heavy atom. The van der Waals surface area contributed by atoms with Gasteiger partial charge in [-0.3, -0.25) is 14.5 Å². The number of imide groups is 1. The van der Waals surface area contributed by atoms with E-state index in [1.807, 2.05) is 11.8 Å². The molecule has 0 aromatic rings. The van der Waals surface area contributed by atoms with Gasteiger partial charge in [-0.2, -0.15) is 11.8 Å². The molecule has 0 N–H and O–H groups in total. The highest BCUT2D eigenvalue weighted by Crippen LogP contribution is 2.23. The number of carbonyl (C=O) groups excluding carboxylic acids is 2. The van der Waals surface area contributed by atoms with E-state index in [-0.39, 0.29) is 17.9 Å². The molecule has 2 aliphatic rings. The number of thioether (sulfide) groups is 1. The molecule has 1 fully saturated rings. The van der Waals surface area contributed by atoms with Gasteiger partial charge in [-0.15, -0.1) is 0 Å². The van der Waals surface area contributed by atoms with Crippen LogP contribution in [0.1, 0.15) is 12.8 Å². The fourth-order valence-corrected chi connectivity index (χ4v) is 2.82. The van der Waals surface area contributed by atoms with Gasteiger partial charge in [-0.1, -0.05) is 0 Å². The van der Waals surface area contributed by atoms with Gasteiger partial charge in [-0.25, -0.2) is 0 Å². The minimum atomic E-state index is -0.141. The SMILES string of the molecule is O=C1C=CC(=O)N1C1CCCSC1. The van der Waals surface area contributed by atoms with Gasteiger partial charge in [0.1, 0.15) is 0 Å². The number of amides is 2. The lowest BCUT2D eigenvalue weighted by Crippen LogP contribution is -2.42. The van der Waals surface area contributed by atoms with Crippen molar-refractivity contribution in [1.82, 2.24) is 4.90 Å². The van der Waals surface area contributed by atoms with Crippen LogP contribution in [0.2, 0.25) is 0 Å². The molecule has 1 unspecified atom stereocenters. The van der Waals surface area contributed by atoms with Crippen molar-refractivity contribution in [3.05, 3.63) is 12.2 Å². The standard InChI is InChI=1S/C9H11NO2S/c11-8-3-4-9(12)10(8)7-2-1-5-13-6-7/h3-4,7H,1-2,5-6H2. The second-order valence-electron chi connectivity index (χ2n) is 3.25. The first-order chi connectivity index (χ1) is 6.29. The van der Waals surface area contributed by atoms with Crippen LogP contribution in [0, 0.1) is 0 Å². The van der Waals surface area contributed by atoms with Crippen LogP contribution in [0.5, 0.6) is 0 Å². The molecule has 2 heterocycles. The zero-order valence-corrected chi connectivity index (χ0v) is 8.05. The molecule has 1 saturated heterocycles. The average molecular weight is 197 g/mol. The highest BCUT2D eigenvalue weighted by Gasteiger charge is 2.31. The van der Waals surface area contributed by atoms with E-state index in [0.29, 0.717) is 0 Å². The fraction of sp³-hybridized carbons (Fsp3) is 0.556. The summed E-state index contributed by atoms with van der Waals surface area (Å²) in [6.07, 6.45) is 4.79. The Labute approximate surface area is 81.2 Å². The van der Waals surface area contributed by atoms with E-state index in [1.54, 1.807) is 0 Å². The van der Waals surface area contributed by atoms with Gasteiger partial charge in [0.25, 0.3) is 11.8 Å². The van der Waals surface area contributed by atoms with Crippen molar-refractivity contribution in [1.29, 1.82) is 0 Å². The van der Waals surface area contributed by atoms with E-state index in [9.17, 15) is 9.59 Å². The maximum absolute atomic E-state index is 11.3. The minimum absolute atomic E-state index is 0.133. The molecular formula is C9H11NO2S. The molecule has 2 rings (SSSR count). The number of rotatable bonds is 1. The summed E-state index contributed by atoms with van der Waals surface area (Å²) in [6.45, 7) is 0. The third-order valence-corrected chi connectivity index (χ3v) is 3.54. The Bertz CT molecular complexity index is 251. The van der Waals surface area contributed by atoms with E-state index in [2.05, 4.69) is 0 Å². The molecule has 70 valence electrons. The van der Waals surface area contributed by atoms with Gasteiger partial charge in [0, 0.05) is 23.9 Å². The quantitative estimate of drug-likeness (QED) is 0.584. The Kier molecular flexibility index (Phi) is 2.40. The van der Waals surface area contributed by atoms with E-state index in [0.717, 1.165) is 24.3 Å². The van der Waals surface area contributed by atoms with E-state index >= 15 is 0 Å². The van der Waals surface area contributed by atoms with Gasteiger partial charge in [-0.05, 0) is 18.6 Å². The maximum atomic E-state index is 11.3. The predicted molar refractivity (Wildman–Crippen MR) is 51.3 cm³/mol. The summed E-state index contributed by atoms with van der Waals surface area (Å²) < 4.78 is 0. The summed E-state index contributed by atoms with van der Waals surface area (Å²) in [4.78, 5) is 24.0. The molecule has 2 aliphatic heterocycles. The molecule has 4 heteroatoms. The van der Waals surface area contributed by atoms with Crippen molar-refractivity contribution in [3.63, 3.8) is 0 Å². The number of nitrogens with zero attached hydrogens (tertiary/aromatic N) is 1. The summed E-state index contributed by atoms with van der Waals surface area (Å²) in [5.74, 6) is 1.77. The van der Waals surface area contributed by atoms with Crippen molar-refractivity contribution in [2.75, 3.05) is 11.5 Å². The number of carbonyl (C=O) groups is 2. The smallest absolute Gasteiger partial charge is 0.253 e. The largest absolute Gasteiger partial charge is 0.271 e.